The molecule has 0 aliphatic carbocycles. The summed E-state index contributed by atoms with van der Waals surface area (Å²) in [6.07, 6.45) is 5.32. The largest absolute Gasteiger partial charge is 0.481 e. The van der Waals surface area contributed by atoms with Crippen molar-refractivity contribution in [2.45, 2.75) is 45.1 Å². The van der Waals surface area contributed by atoms with E-state index in [1.807, 2.05) is 20.0 Å². The molecule has 0 unspecified atom stereocenters. The zero-order chi connectivity index (χ0) is 21.8. The minimum Gasteiger partial charge on any atom is -0.481 e. The van der Waals surface area contributed by atoms with Gasteiger partial charge in [0.05, 0.1) is 26.9 Å². The minimum absolute atomic E-state index is 0.156. The van der Waals surface area contributed by atoms with Gasteiger partial charge in [0.15, 0.2) is 0 Å². The van der Waals surface area contributed by atoms with Crippen LogP contribution >= 0.6 is 0 Å². The van der Waals surface area contributed by atoms with E-state index in [2.05, 4.69) is 31.2 Å². The van der Waals surface area contributed by atoms with Crippen molar-refractivity contribution in [2.24, 2.45) is 0 Å². The average molecular weight is 428 g/mol. The van der Waals surface area contributed by atoms with Gasteiger partial charge >= 0.3 is 0 Å². The zero-order valence-electron chi connectivity index (χ0n) is 18.3. The van der Waals surface area contributed by atoms with Crippen LogP contribution in [0.5, 0.6) is 5.88 Å². The van der Waals surface area contributed by atoms with Crippen LogP contribution in [0.2, 0.25) is 0 Å². The topological polar surface area (TPSA) is 98.7 Å². The Hall–Kier alpha value is -2.62. The quantitative estimate of drug-likeness (QED) is 0.734. The lowest BCUT2D eigenvalue weighted by Gasteiger charge is -2.39. The van der Waals surface area contributed by atoms with Gasteiger partial charge in [0, 0.05) is 50.2 Å². The number of methoxy groups -OCH3 is 1. The van der Waals surface area contributed by atoms with Crippen molar-refractivity contribution in [1.82, 2.24) is 25.2 Å². The fraction of sp³-hybridized carbons (Fsp3) is 0.545. The van der Waals surface area contributed by atoms with Gasteiger partial charge in [-0.05, 0) is 31.0 Å². The smallest absolute Gasteiger partial charge is 0.249 e. The van der Waals surface area contributed by atoms with E-state index in [9.17, 15) is 4.79 Å². The summed E-state index contributed by atoms with van der Waals surface area (Å²) in [5.74, 6) is 1.07. The molecule has 2 aromatic rings. The third kappa shape index (κ3) is 5.17. The summed E-state index contributed by atoms with van der Waals surface area (Å²) in [4.78, 5) is 27.7. The molecule has 9 heteroatoms. The number of ether oxygens (including phenoxy) is 3. The standard InChI is InChI=1S/C22H29N5O4/c1-15-8-23-19(24-9-15)11-25-20(28)18-7-22(14-30-18)13-27(4-5-31-22)12-17-6-16(2)21(29-3)26-10-17/h6,8-10,18H,4-5,7,11-14H2,1-3H3,(H,25,28)/t18-,22+/m1/s1. The molecule has 31 heavy (non-hydrogen) atoms. The van der Waals surface area contributed by atoms with Crippen LogP contribution in [0, 0.1) is 13.8 Å². The Morgan fingerprint density at radius 3 is 2.84 bits per heavy atom. The van der Waals surface area contributed by atoms with E-state index in [0.29, 0.717) is 37.9 Å². The van der Waals surface area contributed by atoms with Crippen LogP contribution < -0.4 is 10.1 Å². The maximum atomic E-state index is 12.6. The monoisotopic (exact) mass is 427 g/mol. The van der Waals surface area contributed by atoms with Gasteiger partial charge in [-0.25, -0.2) is 15.0 Å². The number of pyridine rings is 1. The fourth-order valence-corrected chi connectivity index (χ4v) is 4.12. The third-order valence-corrected chi connectivity index (χ3v) is 5.67. The van der Waals surface area contributed by atoms with Crippen LogP contribution in [0.1, 0.15) is 28.9 Å². The molecule has 2 atom stereocenters. The SMILES string of the molecule is COc1ncc(CN2CCO[C@]3(CO[C@@H](C(=O)NCc4ncc(C)cn4)C3)C2)cc1C. The first kappa shape index (κ1) is 21.6. The van der Waals surface area contributed by atoms with Crippen LogP contribution in [-0.2, 0) is 27.4 Å². The Bertz CT molecular complexity index is 923. The van der Waals surface area contributed by atoms with Crippen LogP contribution in [0.25, 0.3) is 0 Å². The number of aryl methyl sites for hydroxylation is 2. The molecule has 1 amide bonds. The molecule has 2 aromatic heterocycles. The predicted octanol–water partition coefficient (Wildman–Crippen LogP) is 1.17. The van der Waals surface area contributed by atoms with Crippen LogP contribution in [0.4, 0.5) is 0 Å². The number of nitrogens with one attached hydrogen (secondary N) is 1. The van der Waals surface area contributed by atoms with Crippen molar-refractivity contribution in [3.05, 3.63) is 47.2 Å². The molecule has 2 fully saturated rings. The molecule has 9 nitrogen and oxygen atoms in total. The molecule has 0 saturated carbocycles. The molecule has 2 aliphatic rings. The van der Waals surface area contributed by atoms with Gasteiger partial charge in [0.1, 0.15) is 17.5 Å². The van der Waals surface area contributed by atoms with Crippen LogP contribution in [0.15, 0.2) is 24.7 Å². The highest BCUT2D eigenvalue weighted by Gasteiger charge is 2.46. The summed E-state index contributed by atoms with van der Waals surface area (Å²) < 4.78 is 17.2. The zero-order valence-corrected chi connectivity index (χ0v) is 18.3. The second-order valence-corrected chi connectivity index (χ2v) is 8.31. The Kier molecular flexibility index (Phi) is 6.45. The van der Waals surface area contributed by atoms with Crippen molar-refractivity contribution < 1.29 is 19.0 Å². The molecule has 0 radical (unpaired) electrons. The number of carbonyl (C=O) groups excluding carboxylic acids is 1. The Balaban J connectivity index is 1.31. The lowest BCUT2D eigenvalue weighted by atomic mass is 9.97. The summed E-state index contributed by atoms with van der Waals surface area (Å²) in [5, 5.41) is 2.87. The number of morpholine rings is 1. The summed E-state index contributed by atoms with van der Waals surface area (Å²) in [7, 11) is 1.63. The normalized spacial score (nSPS) is 23.8. The minimum atomic E-state index is -0.532. The van der Waals surface area contributed by atoms with Gasteiger partial charge in [-0.2, -0.15) is 0 Å². The molecular weight excluding hydrogens is 398 g/mol. The molecule has 4 rings (SSSR count). The van der Waals surface area contributed by atoms with Crippen molar-refractivity contribution in [3.63, 3.8) is 0 Å². The molecule has 1 N–H and O–H groups in total. The number of rotatable bonds is 6. The maximum absolute atomic E-state index is 12.6. The average Bonchev–Trinajstić information content (AvgIpc) is 3.16. The Morgan fingerprint density at radius 2 is 2.10 bits per heavy atom. The highest BCUT2D eigenvalue weighted by Crippen LogP contribution is 2.32. The predicted molar refractivity (Wildman–Crippen MR) is 112 cm³/mol. The Labute approximate surface area is 182 Å². The lowest BCUT2D eigenvalue weighted by molar-refractivity contribution is -0.130. The van der Waals surface area contributed by atoms with Gasteiger partial charge < -0.3 is 19.5 Å². The number of amides is 1. The van der Waals surface area contributed by atoms with Crippen molar-refractivity contribution in [3.8, 4) is 5.88 Å². The van der Waals surface area contributed by atoms with Gasteiger partial charge in [0.25, 0.3) is 0 Å². The highest BCUT2D eigenvalue weighted by atomic mass is 16.6. The maximum Gasteiger partial charge on any atom is 0.249 e. The summed E-state index contributed by atoms with van der Waals surface area (Å²) in [6, 6.07) is 2.10. The molecule has 0 aromatic carbocycles. The van der Waals surface area contributed by atoms with E-state index in [4.69, 9.17) is 14.2 Å². The number of hydrogen-bond acceptors (Lipinski definition) is 8. The molecule has 2 aliphatic heterocycles. The Morgan fingerprint density at radius 1 is 1.29 bits per heavy atom. The van der Waals surface area contributed by atoms with Gasteiger partial charge in [-0.3, -0.25) is 9.69 Å². The van der Waals surface area contributed by atoms with Crippen LogP contribution in [-0.4, -0.2) is 70.9 Å². The summed E-state index contributed by atoms with van der Waals surface area (Å²) >= 11 is 0. The number of aromatic nitrogens is 3. The first-order valence-electron chi connectivity index (χ1n) is 10.5. The second-order valence-electron chi connectivity index (χ2n) is 8.31. The molecule has 0 bridgehead atoms. The van der Waals surface area contributed by atoms with E-state index in [0.717, 1.165) is 29.8 Å². The molecule has 166 valence electrons. The van der Waals surface area contributed by atoms with E-state index in [1.165, 1.54) is 0 Å². The van der Waals surface area contributed by atoms with Gasteiger partial charge in [0.2, 0.25) is 11.8 Å². The summed E-state index contributed by atoms with van der Waals surface area (Å²) in [6.45, 7) is 7.52. The van der Waals surface area contributed by atoms with E-state index in [1.54, 1.807) is 19.5 Å². The van der Waals surface area contributed by atoms with Crippen molar-refractivity contribution in [1.29, 1.82) is 0 Å². The van der Waals surface area contributed by atoms with Crippen molar-refractivity contribution >= 4 is 5.91 Å². The number of carbonyl (C=O) groups is 1. The van der Waals surface area contributed by atoms with E-state index < -0.39 is 11.7 Å². The highest BCUT2D eigenvalue weighted by molar-refractivity contribution is 5.81. The number of nitrogens with zero attached hydrogens (tertiary/aromatic N) is 4. The first-order chi connectivity index (χ1) is 15.0. The first-order valence-corrected chi connectivity index (χ1v) is 10.5. The second kappa shape index (κ2) is 9.25. The fourth-order valence-electron chi connectivity index (χ4n) is 4.12. The van der Waals surface area contributed by atoms with E-state index in [-0.39, 0.29) is 12.5 Å². The lowest BCUT2D eigenvalue weighted by Crippen LogP contribution is -2.52. The third-order valence-electron chi connectivity index (χ3n) is 5.67. The molecule has 1 spiro atoms. The number of hydrogen-bond donors (Lipinski definition) is 1. The molecule has 4 heterocycles. The molecular formula is C22H29N5O4. The van der Waals surface area contributed by atoms with Crippen molar-refractivity contribution in [2.75, 3.05) is 33.4 Å². The molecule has 2 saturated heterocycles. The van der Waals surface area contributed by atoms with Gasteiger partial charge in [-0.1, -0.05) is 0 Å². The van der Waals surface area contributed by atoms with Gasteiger partial charge in [-0.15, -0.1) is 0 Å². The van der Waals surface area contributed by atoms with E-state index >= 15 is 0 Å². The van der Waals surface area contributed by atoms with Crippen LogP contribution in [0.3, 0.4) is 0 Å². The summed E-state index contributed by atoms with van der Waals surface area (Å²) in [5.41, 5.74) is 2.66.